The lowest BCUT2D eigenvalue weighted by atomic mass is 10.0. The van der Waals surface area contributed by atoms with Crippen LogP contribution < -0.4 is 4.74 Å². The Morgan fingerprint density at radius 2 is 1.83 bits per heavy atom. The molecule has 0 saturated carbocycles. The molecule has 0 amide bonds. The number of rotatable bonds is 5. The molecule has 0 radical (unpaired) electrons. The van der Waals surface area contributed by atoms with E-state index in [2.05, 4.69) is 0 Å². The van der Waals surface area contributed by atoms with Gasteiger partial charge < -0.3 is 9.84 Å². The second kappa shape index (κ2) is 7.05. The minimum absolute atomic E-state index is 0.0404. The first-order valence-corrected chi connectivity index (χ1v) is 6.69. The number of carbonyl (C=O) groups is 2. The molecule has 1 N–H and O–H groups in total. The number of benzene rings is 2. The zero-order chi connectivity index (χ0) is 16.8. The van der Waals surface area contributed by atoms with E-state index >= 15 is 0 Å². The van der Waals surface area contributed by atoms with Crippen LogP contribution in [-0.4, -0.2) is 24.0 Å². The molecule has 0 aliphatic rings. The molecule has 2 aromatic carbocycles. The number of carbonyl (C=O) groups excluding carboxylic acids is 1. The van der Waals surface area contributed by atoms with Crippen molar-refractivity contribution in [3.63, 3.8) is 0 Å². The number of hydrogen-bond acceptors (Lipinski definition) is 4. The summed E-state index contributed by atoms with van der Waals surface area (Å²) in [4.78, 5) is 23.2. The van der Waals surface area contributed by atoms with E-state index in [1.165, 1.54) is 25.3 Å². The molecule has 114 valence electrons. The second-order valence-electron chi connectivity index (χ2n) is 4.66. The molecule has 5 nitrogen and oxygen atoms in total. The molecule has 0 heterocycles. The summed E-state index contributed by atoms with van der Waals surface area (Å²) in [5, 5.41) is 18.1. The molecule has 0 fully saturated rings. The van der Waals surface area contributed by atoms with Crippen molar-refractivity contribution in [2.45, 2.75) is 0 Å². The lowest BCUT2D eigenvalue weighted by molar-refractivity contribution is 0.0696. The summed E-state index contributed by atoms with van der Waals surface area (Å²) < 4.78 is 5.06. The van der Waals surface area contributed by atoms with Gasteiger partial charge in [-0.05, 0) is 35.9 Å². The summed E-state index contributed by atoms with van der Waals surface area (Å²) in [7, 11) is 1.49. The molecule has 0 aliphatic heterocycles. The van der Waals surface area contributed by atoms with Gasteiger partial charge in [-0.25, -0.2) is 4.79 Å². The third-order valence-corrected chi connectivity index (χ3v) is 3.17. The summed E-state index contributed by atoms with van der Waals surface area (Å²) in [6.45, 7) is 0. The third-order valence-electron chi connectivity index (χ3n) is 3.17. The summed E-state index contributed by atoms with van der Waals surface area (Å²) in [5.41, 5.74) is 1.02. The fraction of sp³-hybridized carbons (Fsp3) is 0.0556. The van der Waals surface area contributed by atoms with Gasteiger partial charge in [-0.1, -0.05) is 24.3 Å². The van der Waals surface area contributed by atoms with Crippen molar-refractivity contribution in [1.29, 1.82) is 5.26 Å². The van der Waals surface area contributed by atoms with E-state index in [1.54, 1.807) is 36.4 Å². The zero-order valence-electron chi connectivity index (χ0n) is 12.3. The minimum atomic E-state index is -1.03. The minimum Gasteiger partial charge on any atom is -0.497 e. The Morgan fingerprint density at radius 1 is 1.13 bits per heavy atom. The van der Waals surface area contributed by atoms with Crippen LogP contribution in [0.15, 0.2) is 54.1 Å². The first kappa shape index (κ1) is 16.0. The molecule has 0 saturated heterocycles. The van der Waals surface area contributed by atoms with Crippen LogP contribution >= 0.6 is 0 Å². The maximum atomic E-state index is 12.4. The molecule has 23 heavy (non-hydrogen) atoms. The standard InChI is InChI=1S/C18H13NO4/c1-23-16-4-2-3-14(10-16)17(20)15(11-19)9-12-5-7-13(8-6-12)18(21)22/h2-10H,1H3,(H,21,22)/b15-9+. The van der Waals surface area contributed by atoms with Crippen LogP contribution in [0.4, 0.5) is 0 Å². The Kier molecular flexibility index (Phi) is 4.90. The number of ether oxygens (including phenoxy) is 1. The topological polar surface area (TPSA) is 87.4 Å². The Bertz CT molecular complexity index is 814. The molecule has 2 aromatic rings. The van der Waals surface area contributed by atoms with Gasteiger partial charge in [-0.3, -0.25) is 4.79 Å². The zero-order valence-corrected chi connectivity index (χ0v) is 12.3. The number of nitrogens with zero attached hydrogens (tertiary/aromatic N) is 1. The Hall–Kier alpha value is -3.39. The number of ketones is 1. The monoisotopic (exact) mass is 307 g/mol. The van der Waals surface area contributed by atoms with E-state index in [0.29, 0.717) is 16.9 Å². The number of Topliss-reactive ketones (excluding diaryl/α,β-unsaturated/α-hetero) is 1. The van der Waals surface area contributed by atoms with Crippen molar-refractivity contribution in [3.05, 3.63) is 70.8 Å². The molecular formula is C18H13NO4. The van der Waals surface area contributed by atoms with Gasteiger partial charge in [0, 0.05) is 5.56 Å². The van der Waals surface area contributed by atoms with Crippen molar-refractivity contribution in [2.24, 2.45) is 0 Å². The van der Waals surface area contributed by atoms with E-state index < -0.39 is 11.8 Å². The number of allylic oxidation sites excluding steroid dienone is 1. The lowest BCUT2D eigenvalue weighted by Gasteiger charge is -2.03. The molecule has 0 atom stereocenters. The van der Waals surface area contributed by atoms with Crippen LogP contribution in [0.2, 0.25) is 0 Å². The molecule has 0 spiro atoms. The Morgan fingerprint density at radius 3 is 2.39 bits per heavy atom. The smallest absolute Gasteiger partial charge is 0.335 e. The summed E-state index contributed by atoms with van der Waals surface area (Å²) in [5.74, 6) is -0.929. The number of nitriles is 1. The number of carboxylic acids is 1. The quantitative estimate of drug-likeness (QED) is 0.520. The van der Waals surface area contributed by atoms with Gasteiger partial charge in [0.05, 0.1) is 12.7 Å². The maximum Gasteiger partial charge on any atom is 0.335 e. The van der Waals surface area contributed by atoms with Crippen LogP contribution in [0.5, 0.6) is 5.75 Å². The number of aromatic carboxylic acids is 1. The van der Waals surface area contributed by atoms with Crippen LogP contribution in [0, 0.1) is 11.3 Å². The van der Waals surface area contributed by atoms with E-state index in [4.69, 9.17) is 9.84 Å². The predicted molar refractivity (Wildman–Crippen MR) is 84.3 cm³/mol. The van der Waals surface area contributed by atoms with Gasteiger partial charge in [-0.15, -0.1) is 0 Å². The van der Waals surface area contributed by atoms with Crippen molar-refractivity contribution >= 4 is 17.8 Å². The van der Waals surface area contributed by atoms with Crippen LogP contribution in [0.25, 0.3) is 6.08 Å². The first-order valence-electron chi connectivity index (χ1n) is 6.69. The molecule has 0 aliphatic carbocycles. The highest BCUT2D eigenvalue weighted by Gasteiger charge is 2.13. The molecular weight excluding hydrogens is 294 g/mol. The number of carboxylic acid groups (broad SMARTS) is 1. The van der Waals surface area contributed by atoms with Gasteiger partial charge in [-0.2, -0.15) is 5.26 Å². The number of methoxy groups -OCH3 is 1. The van der Waals surface area contributed by atoms with E-state index in [0.717, 1.165) is 0 Å². The van der Waals surface area contributed by atoms with Gasteiger partial charge in [0.15, 0.2) is 0 Å². The van der Waals surface area contributed by atoms with E-state index in [-0.39, 0.29) is 11.1 Å². The van der Waals surface area contributed by atoms with Gasteiger partial charge in [0.2, 0.25) is 5.78 Å². The third kappa shape index (κ3) is 3.83. The summed E-state index contributed by atoms with van der Waals surface area (Å²) in [6, 6.07) is 14.3. The van der Waals surface area contributed by atoms with Crippen molar-refractivity contribution in [3.8, 4) is 11.8 Å². The van der Waals surface area contributed by atoms with E-state index in [1.807, 2.05) is 6.07 Å². The van der Waals surface area contributed by atoms with Crippen LogP contribution in [0.1, 0.15) is 26.3 Å². The van der Waals surface area contributed by atoms with Crippen LogP contribution in [-0.2, 0) is 0 Å². The molecule has 5 heteroatoms. The molecule has 0 unspecified atom stereocenters. The average molecular weight is 307 g/mol. The van der Waals surface area contributed by atoms with Gasteiger partial charge in [0.1, 0.15) is 17.4 Å². The highest BCUT2D eigenvalue weighted by atomic mass is 16.5. The van der Waals surface area contributed by atoms with Crippen molar-refractivity contribution < 1.29 is 19.4 Å². The first-order chi connectivity index (χ1) is 11.0. The molecule has 0 aromatic heterocycles. The highest BCUT2D eigenvalue weighted by molar-refractivity contribution is 6.14. The highest BCUT2D eigenvalue weighted by Crippen LogP contribution is 2.17. The maximum absolute atomic E-state index is 12.4. The Balaban J connectivity index is 2.32. The summed E-state index contributed by atoms with van der Waals surface area (Å²) >= 11 is 0. The van der Waals surface area contributed by atoms with Crippen molar-refractivity contribution in [2.75, 3.05) is 7.11 Å². The second-order valence-corrected chi connectivity index (χ2v) is 4.66. The normalized spacial score (nSPS) is 10.7. The molecule has 2 rings (SSSR count). The van der Waals surface area contributed by atoms with Gasteiger partial charge >= 0.3 is 5.97 Å². The van der Waals surface area contributed by atoms with Gasteiger partial charge in [0.25, 0.3) is 0 Å². The fourth-order valence-corrected chi connectivity index (χ4v) is 1.96. The molecule has 0 bridgehead atoms. The Labute approximate surface area is 133 Å². The average Bonchev–Trinajstić information content (AvgIpc) is 2.59. The SMILES string of the molecule is COc1cccc(C(=O)/C(C#N)=C/c2ccc(C(=O)O)cc2)c1. The lowest BCUT2D eigenvalue weighted by Crippen LogP contribution is -2.02. The summed E-state index contributed by atoms with van der Waals surface area (Å²) in [6.07, 6.45) is 1.42. The van der Waals surface area contributed by atoms with Crippen LogP contribution in [0.3, 0.4) is 0 Å². The predicted octanol–water partition coefficient (Wildman–Crippen LogP) is 3.18. The largest absolute Gasteiger partial charge is 0.497 e. The fourth-order valence-electron chi connectivity index (χ4n) is 1.96. The number of hydrogen-bond donors (Lipinski definition) is 1. The van der Waals surface area contributed by atoms with Crippen molar-refractivity contribution in [1.82, 2.24) is 0 Å². The van der Waals surface area contributed by atoms with E-state index in [9.17, 15) is 14.9 Å².